The number of hydrogen-bond donors (Lipinski definition) is 2. The monoisotopic (exact) mass is 434 g/mol. The summed E-state index contributed by atoms with van der Waals surface area (Å²) in [6, 6.07) is 9.93. The molecule has 0 saturated carbocycles. The van der Waals surface area contributed by atoms with Crippen LogP contribution in [0, 0.1) is 0 Å². The third-order valence-electron chi connectivity index (χ3n) is 5.55. The quantitative estimate of drug-likeness (QED) is 0.655. The average Bonchev–Trinajstić information content (AvgIpc) is 3.47. The molecule has 0 spiro atoms. The van der Waals surface area contributed by atoms with E-state index in [1.165, 1.54) is 11.3 Å². The van der Waals surface area contributed by atoms with E-state index in [4.69, 9.17) is 0 Å². The van der Waals surface area contributed by atoms with Gasteiger partial charge in [-0.15, -0.1) is 11.3 Å². The molecule has 2 aliphatic heterocycles. The standard InChI is InChI=1S/C22H22N6O2S/c29-20(25-17-11-24-6-5-19(17)27-9-7-23-8-10-27)21-26-18(14-31-21)22(30)28-12-15-3-1-2-4-16(15)13-28/h1-6,11,14,23H,7-10,12-13H2,(H,25,29). The van der Waals surface area contributed by atoms with Crippen LogP contribution in [0.5, 0.6) is 0 Å². The van der Waals surface area contributed by atoms with Crippen molar-refractivity contribution in [3.63, 3.8) is 0 Å². The third kappa shape index (κ3) is 4.01. The maximum atomic E-state index is 12.9. The summed E-state index contributed by atoms with van der Waals surface area (Å²) in [5.74, 6) is -0.493. The van der Waals surface area contributed by atoms with Gasteiger partial charge in [-0.1, -0.05) is 24.3 Å². The lowest BCUT2D eigenvalue weighted by Crippen LogP contribution is -2.43. The molecule has 5 rings (SSSR count). The fourth-order valence-electron chi connectivity index (χ4n) is 3.96. The van der Waals surface area contributed by atoms with Crippen molar-refractivity contribution in [3.05, 3.63) is 69.9 Å². The lowest BCUT2D eigenvalue weighted by Gasteiger charge is -2.30. The Balaban J connectivity index is 1.29. The zero-order valence-corrected chi connectivity index (χ0v) is 17.7. The number of nitrogens with zero attached hydrogens (tertiary/aromatic N) is 4. The van der Waals surface area contributed by atoms with E-state index in [-0.39, 0.29) is 16.8 Å². The number of piperazine rings is 1. The van der Waals surface area contributed by atoms with Crippen LogP contribution in [0.1, 0.15) is 31.4 Å². The smallest absolute Gasteiger partial charge is 0.284 e. The number of amides is 2. The van der Waals surface area contributed by atoms with E-state index < -0.39 is 0 Å². The summed E-state index contributed by atoms with van der Waals surface area (Å²) >= 11 is 1.17. The van der Waals surface area contributed by atoms with Crippen molar-refractivity contribution in [1.29, 1.82) is 0 Å². The second-order valence-electron chi connectivity index (χ2n) is 7.55. The first kappa shape index (κ1) is 19.7. The summed E-state index contributed by atoms with van der Waals surface area (Å²) in [4.78, 5) is 38.2. The number of benzene rings is 1. The molecule has 1 aromatic carbocycles. The number of nitrogens with one attached hydrogen (secondary N) is 2. The number of thiazole rings is 1. The van der Waals surface area contributed by atoms with Crippen LogP contribution in [0.4, 0.5) is 11.4 Å². The third-order valence-corrected chi connectivity index (χ3v) is 6.39. The zero-order chi connectivity index (χ0) is 21.2. The largest absolute Gasteiger partial charge is 0.367 e. The Hall–Kier alpha value is -3.30. The lowest BCUT2D eigenvalue weighted by molar-refractivity contribution is 0.0746. The molecule has 2 aromatic heterocycles. The number of anilines is 2. The highest BCUT2D eigenvalue weighted by Gasteiger charge is 2.26. The van der Waals surface area contributed by atoms with Gasteiger partial charge in [0.05, 0.1) is 17.6 Å². The van der Waals surface area contributed by atoms with Crippen molar-refractivity contribution >= 4 is 34.5 Å². The van der Waals surface area contributed by atoms with E-state index >= 15 is 0 Å². The van der Waals surface area contributed by atoms with Crippen LogP contribution in [0.3, 0.4) is 0 Å². The van der Waals surface area contributed by atoms with E-state index in [1.807, 2.05) is 30.3 Å². The van der Waals surface area contributed by atoms with Crippen LogP contribution in [0.2, 0.25) is 0 Å². The Bertz CT molecular complexity index is 1100. The summed E-state index contributed by atoms with van der Waals surface area (Å²) in [5.41, 5.74) is 4.19. The Kier molecular flexibility index (Phi) is 5.35. The summed E-state index contributed by atoms with van der Waals surface area (Å²) in [6.07, 6.45) is 3.37. The summed E-state index contributed by atoms with van der Waals surface area (Å²) < 4.78 is 0. The van der Waals surface area contributed by atoms with Gasteiger partial charge in [-0.3, -0.25) is 14.6 Å². The number of hydrogen-bond acceptors (Lipinski definition) is 7. The summed E-state index contributed by atoms with van der Waals surface area (Å²) in [6.45, 7) is 4.65. The van der Waals surface area contributed by atoms with E-state index in [0.717, 1.165) is 43.0 Å². The van der Waals surface area contributed by atoms with Gasteiger partial charge in [-0.25, -0.2) is 4.98 Å². The Morgan fingerprint density at radius 1 is 1.06 bits per heavy atom. The minimum atomic E-state index is -0.335. The molecule has 0 unspecified atom stereocenters. The number of pyridine rings is 1. The van der Waals surface area contributed by atoms with E-state index in [9.17, 15) is 9.59 Å². The molecule has 8 nitrogen and oxygen atoms in total. The SMILES string of the molecule is O=C(Nc1cnccc1N1CCNCC1)c1nc(C(=O)N2Cc3ccccc3C2)cs1. The summed E-state index contributed by atoms with van der Waals surface area (Å²) in [7, 11) is 0. The van der Waals surface area contributed by atoms with Crippen molar-refractivity contribution < 1.29 is 9.59 Å². The fraction of sp³-hybridized carbons (Fsp3) is 0.273. The van der Waals surface area contributed by atoms with Crippen LogP contribution < -0.4 is 15.5 Å². The first-order chi connectivity index (χ1) is 15.2. The second-order valence-corrected chi connectivity index (χ2v) is 8.41. The van der Waals surface area contributed by atoms with E-state index in [2.05, 4.69) is 25.5 Å². The molecule has 3 aromatic rings. The Labute approximate surface area is 183 Å². The predicted octanol–water partition coefficient (Wildman–Crippen LogP) is 2.36. The first-order valence-corrected chi connectivity index (χ1v) is 11.1. The van der Waals surface area contributed by atoms with Crippen LogP contribution >= 0.6 is 11.3 Å². The lowest BCUT2D eigenvalue weighted by atomic mass is 10.1. The van der Waals surface area contributed by atoms with Gasteiger partial charge in [0.2, 0.25) is 0 Å². The highest BCUT2D eigenvalue weighted by molar-refractivity contribution is 7.12. The number of aromatic nitrogens is 2. The van der Waals surface area contributed by atoms with Crippen LogP contribution in [-0.2, 0) is 13.1 Å². The molecule has 0 radical (unpaired) electrons. The summed E-state index contributed by atoms with van der Waals surface area (Å²) in [5, 5.41) is 8.16. The van der Waals surface area contributed by atoms with Gasteiger partial charge in [-0.05, 0) is 17.2 Å². The number of carbonyl (C=O) groups excluding carboxylic acids is 2. The maximum Gasteiger partial charge on any atom is 0.284 e. The number of fused-ring (bicyclic) bond motifs is 1. The van der Waals surface area contributed by atoms with Crippen molar-refractivity contribution in [2.45, 2.75) is 13.1 Å². The molecule has 0 atom stereocenters. The van der Waals surface area contributed by atoms with Gasteiger partial charge >= 0.3 is 0 Å². The minimum Gasteiger partial charge on any atom is -0.367 e. The normalized spacial score (nSPS) is 15.6. The molecular weight excluding hydrogens is 412 g/mol. The molecule has 2 amide bonds. The van der Waals surface area contributed by atoms with Gasteiger partial charge in [0.15, 0.2) is 5.01 Å². The van der Waals surface area contributed by atoms with Crippen LogP contribution in [-0.4, -0.2) is 52.9 Å². The van der Waals surface area contributed by atoms with Gasteiger partial charge < -0.3 is 20.4 Å². The van der Waals surface area contributed by atoms with Crippen LogP contribution in [0.25, 0.3) is 0 Å². The highest BCUT2D eigenvalue weighted by Crippen LogP contribution is 2.27. The van der Waals surface area contributed by atoms with Crippen molar-refractivity contribution in [1.82, 2.24) is 20.2 Å². The maximum absolute atomic E-state index is 12.9. The van der Waals surface area contributed by atoms with E-state index in [0.29, 0.717) is 24.5 Å². The molecule has 9 heteroatoms. The molecule has 1 fully saturated rings. The van der Waals surface area contributed by atoms with Crippen LogP contribution in [0.15, 0.2) is 48.1 Å². The molecule has 158 valence electrons. The zero-order valence-electron chi connectivity index (χ0n) is 16.9. The molecule has 2 N–H and O–H groups in total. The topological polar surface area (TPSA) is 90.5 Å². The molecule has 2 aliphatic rings. The number of rotatable bonds is 4. The molecular formula is C22H22N6O2S. The molecule has 31 heavy (non-hydrogen) atoms. The van der Waals surface area contributed by atoms with Crippen molar-refractivity contribution in [3.8, 4) is 0 Å². The van der Waals surface area contributed by atoms with Crippen molar-refractivity contribution in [2.75, 3.05) is 36.4 Å². The molecule has 4 heterocycles. The highest BCUT2D eigenvalue weighted by atomic mass is 32.1. The average molecular weight is 435 g/mol. The fourth-order valence-corrected chi connectivity index (χ4v) is 4.64. The molecule has 1 saturated heterocycles. The second kappa shape index (κ2) is 8.44. The van der Waals surface area contributed by atoms with E-state index in [1.54, 1.807) is 22.7 Å². The van der Waals surface area contributed by atoms with Crippen molar-refractivity contribution in [2.24, 2.45) is 0 Å². The molecule has 0 aliphatic carbocycles. The Morgan fingerprint density at radius 2 is 1.81 bits per heavy atom. The van der Waals surface area contributed by atoms with Gasteiger partial charge in [0.1, 0.15) is 5.69 Å². The minimum absolute atomic E-state index is 0.158. The Morgan fingerprint density at radius 3 is 2.55 bits per heavy atom. The molecule has 0 bridgehead atoms. The van der Waals surface area contributed by atoms with Gasteiger partial charge in [0.25, 0.3) is 11.8 Å². The number of carbonyl (C=O) groups is 2. The van der Waals surface area contributed by atoms with Gasteiger partial charge in [-0.2, -0.15) is 0 Å². The first-order valence-electron chi connectivity index (χ1n) is 10.2. The van der Waals surface area contributed by atoms with Gasteiger partial charge in [0, 0.05) is 50.8 Å². The predicted molar refractivity (Wildman–Crippen MR) is 119 cm³/mol.